The molecule has 1 aliphatic heterocycles. The van der Waals surface area contributed by atoms with E-state index in [0.717, 1.165) is 11.5 Å². The van der Waals surface area contributed by atoms with Crippen molar-refractivity contribution in [3.8, 4) is 11.5 Å². The van der Waals surface area contributed by atoms with Gasteiger partial charge in [0.1, 0.15) is 5.75 Å². The van der Waals surface area contributed by atoms with Crippen LogP contribution < -0.4 is 10.2 Å². The van der Waals surface area contributed by atoms with Crippen LogP contribution in [0.25, 0.3) is 0 Å². The van der Waals surface area contributed by atoms with Crippen LogP contribution >= 0.6 is 0 Å². The van der Waals surface area contributed by atoms with E-state index in [9.17, 15) is 0 Å². The van der Waals surface area contributed by atoms with Gasteiger partial charge in [-0.3, -0.25) is 0 Å². The minimum absolute atomic E-state index is 0. The molecule has 0 saturated carbocycles. The summed E-state index contributed by atoms with van der Waals surface area (Å²) in [7, 11) is 0. The Morgan fingerprint density at radius 3 is 2.94 bits per heavy atom. The maximum Gasteiger partial charge on any atom is 0.324 e. The van der Waals surface area contributed by atoms with Crippen LogP contribution in [0.2, 0.25) is 6.82 Å². The molecule has 2 nitrogen and oxygen atoms in total. The molecule has 0 saturated heterocycles. The maximum absolute atomic E-state index is 5.75. The van der Waals surface area contributed by atoms with Gasteiger partial charge >= 0.3 is 6.92 Å². The van der Waals surface area contributed by atoms with Crippen LogP contribution in [0.5, 0.6) is 11.5 Å². The predicted octanol–water partition coefficient (Wildman–Crippen LogP) is 2.64. The third-order valence-electron chi connectivity index (χ3n) is 2.96. The van der Waals surface area contributed by atoms with Crippen molar-refractivity contribution in [2.45, 2.75) is 13.4 Å². The Morgan fingerprint density at radius 2 is 2.17 bits per heavy atom. The number of hydrogen-bond acceptors (Lipinski definition) is 2. The minimum Gasteiger partial charge on any atom is -0.517 e. The number of hydrogen-bond donors (Lipinski definition) is 0. The first-order valence-electron chi connectivity index (χ1n) is 5.71. The molecule has 0 aliphatic carbocycles. The molecule has 2 aromatic rings. The van der Waals surface area contributed by atoms with E-state index >= 15 is 0 Å². The Kier molecular flexibility index (Phi) is 4.24. The molecular formula is C14H12BO2Re-. The van der Waals surface area contributed by atoms with Crippen LogP contribution in [-0.2, 0) is 31.7 Å². The number of fused-ring (bicyclic) bond motifs is 1. The summed E-state index contributed by atoms with van der Waals surface area (Å²) < 4.78 is 11.3. The van der Waals surface area contributed by atoms with E-state index in [1.165, 1.54) is 11.0 Å². The molecule has 0 unspecified atom stereocenters. The second-order valence-corrected chi connectivity index (χ2v) is 4.16. The average Bonchev–Trinajstić information content (AvgIpc) is 2.72. The van der Waals surface area contributed by atoms with E-state index in [2.05, 4.69) is 19.0 Å². The van der Waals surface area contributed by atoms with Gasteiger partial charge < -0.3 is 9.39 Å². The fourth-order valence-corrected chi connectivity index (χ4v) is 2.05. The first kappa shape index (κ1) is 13.4. The van der Waals surface area contributed by atoms with Gasteiger partial charge in [0.15, 0.2) is 0 Å². The van der Waals surface area contributed by atoms with E-state index in [4.69, 9.17) is 9.39 Å². The molecule has 0 spiro atoms. The van der Waals surface area contributed by atoms with E-state index in [-0.39, 0.29) is 27.3 Å². The van der Waals surface area contributed by atoms with Gasteiger partial charge in [0.25, 0.3) is 0 Å². The second kappa shape index (κ2) is 5.71. The van der Waals surface area contributed by atoms with Crippen LogP contribution in [0, 0.1) is 6.07 Å². The molecule has 0 amide bonds. The number of ether oxygens (including phenoxy) is 1. The third-order valence-corrected chi connectivity index (χ3v) is 2.96. The van der Waals surface area contributed by atoms with Crippen LogP contribution in [0.3, 0.4) is 0 Å². The van der Waals surface area contributed by atoms with Crippen LogP contribution in [0.4, 0.5) is 0 Å². The summed E-state index contributed by atoms with van der Waals surface area (Å²) in [5, 5.41) is 0. The molecule has 1 heterocycles. The smallest absolute Gasteiger partial charge is 0.324 e. The van der Waals surface area contributed by atoms with E-state index < -0.39 is 0 Å². The van der Waals surface area contributed by atoms with Gasteiger partial charge in [-0.1, -0.05) is 12.9 Å². The van der Waals surface area contributed by atoms with Gasteiger partial charge in [0.2, 0.25) is 0 Å². The first-order valence-corrected chi connectivity index (χ1v) is 5.71. The molecule has 0 N–H and O–H groups in total. The zero-order chi connectivity index (χ0) is 11.7. The largest absolute Gasteiger partial charge is 0.517 e. The van der Waals surface area contributed by atoms with Crippen LogP contribution in [-0.4, -0.2) is 6.92 Å². The van der Waals surface area contributed by atoms with Crippen molar-refractivity contribution in [3.63, 3.8) is 0 Å². The van der Waals surface area contributed by atoms with Crippen molar-refractivity contribution in [3.05, 3.63) is 54.1 Å². The molecule has 18 heavy (non-hydrogen) atoms. The van der Waals surface area contributed by atoms with Gasteiger partial charge in [-0.15, -0.1) is 12.1 Å². The summed E-state index contributed by atoms with van der Waals surface area (Å²) in [4.78, 5) is 0. The summed E-state index contributed by atoms with van der Waals surface area (Å²) in [5.74, 6) is 1.65. The summed E-state index contributed by atoms with van der Waals surface area (Å²) in [6, 6.07) is 16.6. The Morgan fingerprint density at radius 1 is 1.28 bits per heavy atom. The number of benzene rings is 2. The van der Waals surface area contributed by atoms with Crippen molar-refractivity contribution in [2.24, 2.45) is 0 Å². The van der Waals surface area contributed by atoms with Gasteiger partial charge in [-0.2, -0.15) is 18.2 Å². The van der Waals surface area contributed by atoms with Crippen molar-refractivity contribution >= 4 is 12.4 Å². The molecule has 0 fully saturated rings. The normalized spacial score (nSPS) is 12.8. The standard InChI is InChI=1S/C14H12BO2.Re/c1-15-14-8-7-13(9-11(14)10-16-15)17-12-5-3-2-4-6-12;/h2-3,5-9H,10H2,1H3;/q-1;. The molecule has 91 valence electrons. The Balaban J connectivity index is 0.00000120. The van der Waals surface area contributed by atoms with Crippen molar-refractivity contribution in [1.82, 2.24) is 0 Å². The number of rotatable bonds is 2. The van der Waals surface area contributed by atoms with Crippen molar-refractivity contribution < 1.29 is 29.8 Å². The van der Waals surface area contributed by atoms with Crippen LogP contribution in [0.1, 0.15) is 5.56 Å². The van der Waals surface area contributed by atoms with Gasteiger partial charge in [-0.25, -0.2) is 0 Å². The fourth-order valence-electron chi connectivity index (χ4n) is 2.05. The monoisotopic (exact) mass is 410 g/mol. The molecule has 0 atom stereocenters. The molecule has 2 aromatic carbocycles. The van der Waals surface area contributed by atoms with E-state index in [1.54, 1.807) is 0 Å². The summed E-state index contributed by atoms with van der Waals surface area (Å²) >= 11 is 0. The maximum atomic E-state index is 5.75. The topological polar surface area (TPSA) is 18.5 Å². The Bertz CT molecular complexity index is 531. The average molecular weight is 409 g/mol. The minimum atomic E-state index is 0. The fraction of sp³-hybridized carbons (Fsp3) is 0.143. The summed E-state index contributed by atoms with van der Waals surface area (Å²) in [5.41, 5.74) is 2.48. The van der Waals surface area contributed by atoms with Crippen molar-refractivity contribution in [2.75, 3.05) is 0 Å². The molecule has 4 heteroatoms. The molecular weight excluding hydrogens is 397 g/mol. The Labute approximate surface area is 121 Å². The molecule has 3 rings (SSSR count). The summed E-state index contributed by atoms with van der Waals surface area (Å²) in [6.45, 7) is 2.94. The van der Waals surface area contributed by atoms with E-state index in [1.807, 2.05) is 36.4 Å². The third kappa shape index (κ3) is 2.67. The molecule has 1 radical (unpaired) electrons. The molecule has 0 bridgehead atoms. The molecule has 1 aliphatic rings. The van der Waals surface area contributed by atoms with Gasteiger partial charge in [-0.05, 0) is 23.2 Å². The Hall–Kier alpha value is -1.07. The predicted molar refractivity (Wildman–Crippen MR) is 67.8 cm³/mol. The van der Waals surface area contributed by atoms with Gasteiger partial charge in [0, 0.05) is 26.2 Å². The second-order valence-electron chi connectivity index (χ2n) is 4.16. The zero-order valence-corrected chi connectivity index (χ0v) is 12.7. The quantitative estimate of drug-likeness (QED) is 0.561. The first-order chi connectivity index (χ1) is 8.33. The zero-order valence-electron chi connectivity index (χ0n) is 10.0. The molecule has 0 aromatic heterocycles. The SMILES string of the molecule is CB1OCc2cc(Oc3c[c-]ccc3)ccc21.[Re]. The van der Waals surface area contributed by atoms with Crippen molar-refractivity contribution in [1.29, 1.82) is 0 Å². The van der Waals surface area contributed by atoms with E-state index in [0.29, 0.717) is 6.61 Å². The van der Waals surface area contributed by atoms with Gasteiger partial charge in [0.05, 0.1) is 6.61 Å². The summed E-state index contributed by atoms with van der Waals surface area (Å²) in [6.07, 6.45) is 0. The van der Waals surface area contributed by atoms with Crippen LogP contribution in [0.15, 0.2) is 42.5 Å².